The molecule has 0 radical (unpaired) electrons. The minimum Gasteiger partial charge on any atom is -0.479 e. The van der Waals surface area contributed by atoms with Crippen molar-refractivity contribution in [3.63, 3.8) is 0 Å². The van der Waals surface area contributed by atoms with Gasteiger partial charge in [0.05, 0.1) is 0 Å². The van der Waals surface area contributed by atoms with Gasteiger partial charge in [-0.1, -0.05) is 24.3 Å². The van der Waals surface area contributed by atoms with Gasteiger partial charge in [0, 0.05) is 19.6 Å². The molecule has 1 unspecified atom stereocenters. The number of fused-ring (bicyclic) bond motifs is 1. The van der Waals surface area contributed by atoms with E-state index in [0.717, 1.165) is 13.3 Å². The lowest BCUT2D eigenvalue weighted by Gasteiger charge is -2.31. The number of halogens is 1. The fraction of sp³-hybridized carbons (Fsp3) is 0.462. The Labute approximate surface area is 99.9 Å². The van der Waals surface area contributed by atoms with Crippen LogP contribution in [0.15, 0.2) is 24.3 Å². The molecule has 92 valence electrons. The molecule has 3 nitrogen and oxygen atoms in total. The second-order valence-electron chi connectivity index (χ2n) is 4.73. The summed E-state index contributed by atoms with van der Waals surface area (Å²) in [4.78, 5) is 12.6. The van der Waals surface area contributed by atoms with E-state index in [1.807, 2.05) is 23.1 Å². The van der Waals surface area contributed by atoms with Crippen molar-refractivity contribution < 1.29 is 14.3 Å². The molecule has 0 saturated carbocycles. The van der Waals surface area contributed by atoms with Crippen molar-refractivity contribution >= 4 is 5.97 Å². The second-order valence-corrected chi connectivity index (χ2v) is 4.73. The molecule has 0 saturated heterocycles. The lowest BCUT2D eigenvalue weighted by atomic mass is 9.98. The van der Waals surface area contributed by atoms with Crippen LogP contribution in [0, 0.1) is 0 Å². The summed E-state index contributed by atoms with van der Waals surface area (Å²) in [6.07, 6.45) is 0.853. The van der Waals surface area contributed by atoms with E-state index in [2.05, 4.69) is 6.07 Å². The van der Waals surface area contributed by atoms with E-state index < -0.39 is 11.6 Å². The first-order valence-electron chi connectivity index (χ1n) is 5.70. The quantitative estimate of drug-likeness (QED) is 0.872. The number of benzene rings is 1. The van der Waals surface area contributed by atoms with E-state index in [1.165, 1.54) is 11.1 Å². The van der Waals surface area contributed by atoms with Crippen molar-refractivity contribution in [3.8, 4) is 0 Å². The van der Waals surface area contributed by atoms with Crippen molar-refractivity contribution in [1.82, 2.24) is 4.90 Å². The van der Waals surface area contributed by atoms with E-state index in [9.17, 15) is 9.18 Å². The molecule has 0 fully saturated rings. The van der Waals surface area contributed by atoms with Gasteiger partial charge in [0.15, 0.2) is 0 Å². The lowest BCUT2D eigenvalue weighted by molar-refractivity contribution is -0.151. The number of carbonyl (C=O) groups is 1. The number of rotatable bonds is 3. The summed E-state index contributed by atoms with van der Waals surface area (Å²) in [5, 5.41) is 8.77. The van der Waals surface area contributed by atoms with E-state index in [-0.39, 0.29) is 6.54 Å². The number of carboxylic acids is 1. The number of hydrogen-bond acceptors (Lipinski definition) is 2. The summed E-state index contributed by atoms with van der Waals surface area (Å²) >= 11 is 0. The average molecular weight is 237 g/mol. The minimum atomic E-state index is -2.17. The molecule has 0 amide bonds. The van der Waals surface area contributed by atoms with Crippen LogP contribution in [-0.2, 0) is 17.8 Å². The molecule has 0 spiro atoms. The summed E-state index contributed by atoms with van der Waals surface area (Å²) in [6, 6.07) is 8.02. The Balaban J connectivity index is 2.06. The highest BCUT2D eigenvalue weighted by Crippen LogP contribution is 2.21. The maximum absolute atomic E-state index is 13.7. The molecule has 1 aliphatic heterocycles. The largest absolute Gasteiger partial charge is 0.479 e. The number of hydrogen-bond donors (Lipinski definition) is 1. The van der Waals surface area contributed by atoms with Crippen LogP contribution in [0.25, 0.3) is 0 Å². The highest BCUT2D eigenvalue weighted by Gasteiger charge is 2.35. The first-order valence-corrected chi connectivity index (χ1v) is 5.70. The number of aliphatic carboxylic acids is 1. The van der Waals surface area contributed by atoms with Gasteiger partial charge in [-0.25, -0.2) is 9.18 Å². The summed E-state index contributed by atoms with van der Waals surface area (Å²) < 4.78 is 13.7. The molecule has 1 aromatic rings. The second kappa shape index (κ2) is 4.45. The first-order chi connectivity index (χ1) is 7.99. The third-order valence-corrected chi connectivity index (χ3v) is 3.18. The smallest absolute Gasteiger partial charge is 0.342 e. The summed E-state index contributed by atoms with van der Waals surface area (Å²) in [5.41, 5.74) is 0.270. The number of carboxylic acid groups (broad SMARTS) is 1. The fourth-order valence-electron chi connectivity index (χ4n) is 2.18. The van der Waals surface area contributed by atoms with Crippen molar-refractivity contribution in [3.05, 3.63) is 35.4 Å². The number of nitrogens with zero attached hydrogens (tertiary/aromatic N) is 1. The fourth-order valence-corrected chi connectivity index (χ4v) is 2.18. The van der Waals surface area contributed by atoms with E-state index in [4.69, 9.17) is 5.11 Å². The van der Waals surface area contributed by atoms with Gasteiger partial charge in [0.1, 0.15) is 0 Å². The highest BCUT2D eigenvalue weighted by molar-refractivity contribution is 5.77. The first kappa shape index (κ1) is 12.0. The van der Waals surface area contributed by atoms with Gasteiger partial charge in [-0.3, -0.25) is 4.90 Å². The van der Waals surface area contributed by atoms with Gasteiger partial charge in [-0.15, -0.1) is 0 Å². The minimum absolute atomic E-state index is 0.0589. The van der Waals surface area contributed by atoms with Crippen LogP contribution >= 0.6 is 0 Å². The third-order valence-electron chi connectivity index (χ3n) is 3.18. The maximum Gasteiger partial charge on any atom is 0.342 e. The molecule has 1 aromatic carbocycles. The van der Waals surface area contributed by atoms with Gasteiger partial charge in [-0.2, -0.15) is 0 Å². The summed E-state index contributed by atoms with van der Waals surface area (Å²) in [6.45, 7) is 2.40. The Morgan fingerprint density at radius 2 is 2.12 bits per heavy atom. The third kappa shape index (κ3) is 2.64. The predicted octanol–water partition coefficient (Wildman–Crippen LogP) is 1.86. The molecule has 0 bridgehead atoms. The standard InChI is InChI=1S/C13H16FNO2/c1-13(14,12(16)17)9-15-7-6-10-4-2-3-5-11(10)8-15/h2-5H,6-9H2,1H3,(H,16,17). The van der Waals surface area contributed by atoms with Gasteiger partial charge in [-0.05, 0) is 24.5 Å². The molecule has 2 rings (SSSR count). The monoisotopic (exact) mass is 237 g/mol. The topological polar surface area (TPSA) is 40.5 Å². The molecular formula is C13H16FNO2. The van der Waals surface area contributed by atoms with Crippen LogP contribution in [0.4, 0.5) is 4.39 Å². The van der Waals surface area contributed by atoms with Crippen LogP contribution in [0.5, 0.6) is 0 Å². The zero-order valence-electron chi connectivity index (χ0n) is 9.82. The van der Waals surface area contributed by atoms with E-state index in [0.29, 0.717) is 13.1 Å². The molecule has 4 heteroatoms. The number of alkyl halides is 1. The molecule has 1 aliphatic rings. The van der Waals surface area contributed by atoms with Crippen LogP contribution in [0.1, 0.15) is 18.1 Å². The zero-order valence-corrected chi connectivity index (χ0v) is 9.82. The summed E-state index contributed by atoms with van der Waals surface area (Å²) in [7, 11) is 0. The Morgan fingerprint density at radius 1 is 1.47 bits per heavy atom. The van der Waals surface area contributed by atoms with Crippen LogP contribution < -0.4 is 0 Å². The van der Waals surface area contributed by atoms with Crippen LogP contribution in [0.2, 0.25) is 0 Å². The predicted molar refractivity (Wildman–Crippen MR) is 62.6 cm³/mol. The molecule has 1 N–H and O–H groups in total. The molecule has 1 atom stereocenters. The van der Waals surface area contributed by atoms with Crippen LogP contribution in [0.3, 0.4) is 0 Å². The molecule has 0 aromatic heterocycles. The molecule has 1 heterocycles. The maximum atomic E-state index is 13.7. The SMILES string of the molecule is CC(F)(CN1CCc2ccccc2C1)C(=O)O. The molecule has 17 heavy (non-hydrogen) atoms. The van der Waals surface area contributed by atoms with Crippen molar-refractivity contribution in [2.24, 2.45) is 0 Å². The highest BCUT2D eigenvalue weighted by atomic mass is 19.1. The summed E-state index contributed by atoms with van der Waals surface area (Å²) in [5.74, 6) is -1.39. The van der Waals surface area contributed by atoms with E-state index in [1.54, 1.807) is 0 Å². The van der Waals surface area contributed by atoms with Gasteiger partial charge < -0.3 is 5.11 Å². The average Bonchev–Trinajstić information content (AvgIpc) is 2.28. The molecular weight excluding hydrogens is 221 g/mol. The lowest BCUT2D eigenvalue weighted by Crippen LogP contribution is -2.45. The Hall–Kier alpha value is -1.42. The van der Waals surface area contributed by atoms with Gasteiger partial charge in [0.25, 0.3) is 0 Å². The zero-order chi connectivity index (χ0) is 12.5. The van der Waals surface area contributed by atoms with Gasteiger partial charge in [0.2, 0.25) is 5.67 Å². The Bertz CT molecular complexity index is 431. The van der Waals surface area contributed by atoms with Crippen molar-refractivity contribution in [1.29, 1.82) is 0 Å². The normalized spacial score (nSPS) is 19.4. The van der Waals surface area contributed by atoms with Crippen LogP contribution in [-0.4, -0.2) is 34.7 Å². The Kier molecular flexibility index (Phi) is 3.15. The van der Waals surface area contributed by atoms with Crippen molar-refractivity contribution in [2.75, 3.05) is 13.1 Å². The van der Waals surface area contributed by atoms with Gasteiger partial charge >= 0.3 is 5.97 Å². The Morgan fingerprint density at radius 3 is 2.76 bits per heavy atom. The van der Waals surface area contributed by atoms with Crippen molar-refractivity contribution in [2.45, 2.75) is 25.6 Å². The van der Waals surface area contributed by atoms with E-state index >= 15 is 0 Å². The molecule has 0 aliphatic carbocycles.